The maximum absolute atomic E-state index is 13.7. The summed E-state index contributed by atoms with van der Waals surface area (Å²) in [6.07, 6.45) is 2.04. The molecule has 14 nitrogen and oxygen atoms in total. The van der Waals surface area contributed by atoms with E-state index in [1.54, 1.807) is 40.9 Å². The molecule has 3 aromatic rings. The van der Waals surface area contributed by atoms with Crippen LogP contribution >= 0.6 is 0 Å². The molecule has 3 heterocycles. The minimum Gasteiger partial charge on any atom is -0.485 e. The highest BCUT2D eigenvalue weighted by Gasteiger charge is 2.36. The molecule has 3 atom stereocenters. The van der Waals surface area contributed by atoms with Crippen LogP contribution in [0.25, 0.3) is 0 Å². The monoisotopic (exact) mass is 589 g/mol. The minimum atomic E-state index is -4.12. The van der Waals surface area contributed by atoms with Crippen LogP contribution in [0, 0.1) is 19.8 Å². The Bertz CT molecular complexity index is 1510. The number of likely N-dealkylation sites (N-methyl/N-ethyl adjacent to an activating group) is 1. The Hall–Kier alpha value is -4.11. The number of anilines is 2. The lowest BCUT2D eigenvalue weighted by atomic mass is 9.99. The molecule has 1 aromatic carbocycles. The number of hydrogen-bond acceptors (Lipinski definition) is 9. The first-order valence-electron chi connectivity index (χ1n) is 13.0. The predicted molar refractivity (Wildman–Crippen MR) is 149 cm³/mol. The van der Waals surface area contributed by atoms with E-state index in [4.69, 9.17) is 9.26 Å². The van der Waals surface area contributed by atoms with Crippen LogP contribution in [0.5, 0.6) is 5.75 Å². The summed E-state index contributed by atoms with van der Waals surface area (Å²) in [5.74, 6) is -0.264. The second-order valence-electron chi connectivity index (χ2n) is 10.3. The van der Waals surface area contributed by atoms with E-state index in [1.165, 1.54) is 39.0 Å². The van der Waals surface area contributed by atoms with E-state index in [-0.39, 0.29) is 47.6 Å². The molecule has 15 heteroatoms. The van der Waals surface area contributed by atoms with Crippen LogP contribution in [-0.4, -0.2) is 88.9 Å². The first-order valence-corrected chi connectivity index (χ1v) is 14.5. The normalized spacial score (nSPS) is 18.1. The fourth-order valence-corrected chi connectivity index (χ4v) is 5.53. The van der Waals surface area contributed by atoms with Crippen molar-refractivity contribution in [3.63, 3.8) is 0 Å². The van der Waals surface area contributed by atoms with Crippen molar-refractivity contribution in [1.29, 1.82) is 0 Å². The van der Waals surface area contributed by atoms with Crippen LogP contribution in [-0.2, 0) is 17.1 Å². The second-order valence-corrected chi connectivity index (χ2v) is 11.9. The molecule has 0 fully saturated rings. The van der Waals surface area contributed by atoms with E-state index >= 15 is 0 Å². The molecule has 222 valence electrons. The number of carbonyl (C=O) groups is 2. The fourth-order valence-electron chi connectivity index (χ4n) is 4.48. The van der Waals surface area contributed by atoms with Gasteiger partial charge in [0.1, 0.15) is 17.5 Å². The van der Waals surface area contributed by atoms with Gasteiger partial charge in [0.25, 0.3) is 15.9 Å². The van der Waals surface area contributed by atoms with Crippen LogP contribution in [0.4, 0.5) is 16.2 Å². The predicted octanol–water partition coefficient (Wildman–Crippen LogP) is 2.21. The van der Waals surface area contributed by atoms with E-state index in [1.807, 2.05) is 6.92 Å². The highest BCUT2D eigenvalue weighted by molar-refractivity contribution is 7.92. The van der Waals surface area contributed by atoms with Gasteiger partial charge < -0.3 is 34.1 Å². The van der Waals surface area contributed by atoms with E-state index in [9.17, 15) is 23.1 Å². The van der Waals surface area contributed by atoms with Crippen molar-refractivity contribution >= 4 is 33.3 Å². The SMILES string of the molecule is Cc1noc(C)c1NC(=O)N(C)C[C@H]1Oc2c(NS(=O)(=O)c3cn(C)cn3)cccc2C(=O)N([C@@H](C)CO)C[C@@H]1C. The third-order valence-electron chi connectivity index (χ3n) is 6.96. The number of aromatic nitrogens is 3. The Kier molecular flexibility index (Phi) is 8.58. The van der Waals surface area contributed by atoms with Gasteiger partial charge in [0, 0.05) is 32.8 Å². The smallest absolute Gasteiger partial charge is 0.321 e. The Morgan fingerprint density at radius 1 is 1.32 bits per heavy atom. The summed E-state index contributed by atoms with van der Waals surface area (Å²) in [5.41, 5.74) is 1.16. The third-order valence-corrected chi connectivity index (χ3v) is 8.21. The number of imidazole rings is 1. The number of carbonyl (C=O) groups excluding carboxylic acids is 2. The molecule has 41 heavy (non-hydrogen) atoms. The molecule has 0 saturated heterocycles. The van der Waals surface area contributed by atoms with Crippen LogP contribution in [0.3, 0.4) is 0 Å². The molecular formula is C26H35N7O7S. The van der Waals surface area contributed by atoms with Crippen LogP contribution < -0.4 is 14.8 Å². The quantitative estimate of drug-likeness (QED) is 0.356. The Labute approximate surface area is 238 Å². The van der Waals surface area contributed by atoms with Crippen LogP contribution in [0.2, 0.25) is 0 Å². The molecule has 4 rings (SSSR count). The van der Waals surface area contributed by atoms with E-state index < -0.39 is 34.1 Å². The summed E-state index contributed by atoms with van der Waals surface area (Å²) >= 11 is 0. The van der Waals surface area contributed by atoms with Gasteiger partial charge in [-0.05, 0) is 32.9 Å². The van der Waals surface area contributed by atoms with E-state index in [0.717, 1.165) is 0 Å². The zero-order valence-corrected chi connectivity index (χ0v) is 24.6. The van der Waals surface area contributed by atoms with Crippen molar-refractivity contribution in [3.05, 3.63) is 47.7 Å². The van der Waals surface area contributed by atoms with E-state index in [2.05, 4.69) is 20.2 Å². The molecule has 0 saturated carbocycles. The van der Waals surface area contributed by atoms with Gasteiger partial charge in [-0.2, -0.15) is 8.42 Å². The topological polar surface area (TPSA) is 172 Å². The minimum absolute atomic E-state index is 0.0169. The summed E-state index contributed by atoms with van der Waals surface area (Å²) < 4.78 is 41.8. The number of amides is 3. The average Bonchev–Trinajstić information content (AvgIpc) is 3.51. The number of aliphatic hydroxyl groups is 1. The Morgan fingerprint density at radius 3 is 2.66 bits per heavy atom. The summed E-state index contributed by atoms with van der Waals surface area (Å²) in [6.45, 7) is 7.03. The van der Waals surface area contributed by atoms with Crippen LogP contribution in [0.15, 0.2) is 40.3 Å². The number of hydrogen-bond donors (Lipinski definition) is 3. The van der Waals surface area contributed by atoms with Crippen molar-refractivity contribution in [1.82, 2.24) is 24.5 Å². The van der Waals surface area contributed by atoms with Gasteiger partial charge in [0.05, 0.1) is 36.8 Å². The number of aryl methyl sites for hydroxylation is 3. The van der Waals surface area contributed by atoms with Gasteiger partial charge in [-0.25, -0.2) is 9.78 Å². The Balaban J connectivity index is 1.69. The number of benzene rings is 1. The van der Waals surface area contributed by atoms with Crippen LogP contribution in [0.1, 0.15) is 35.7 Å². The van der Waals surface area contributed by atoms with Gasteiger partial charge in [-0.3, -0.25) is 9.52 Å². The number of nitrogens with one attached hydrogen (secondary N) is 2. The summed E-state index contributed by atoms with van der Waals surface area (Å²) in [7, 11) is -0.879. The number of fused-ring (bicyclic) bond motifs is 1. The number of rotatable bonds is 8. The molecule has 1 aliphatic heterocycles. The molecule has 0 spiro atoms. The lowest BCUT2D eigenvalue weighted by Crippen LogP contribution is -2.50. The highest BCUT2D eigenvalue weighted by Crippen LogP contribution is 2.36. The van der Waals surface area contributed by atoms with Crippen molar-refractivity contribution in [2.45, 2.75) is 44.9 Å². The number of sulfonamides is 1. The van der Waals surface area contributed by atoms with Crippen molar-refractivity contribution in [2.75, 3.05) is 36.8 Å². The fraction of sp³-hybridized carbons (Fsp3) is 0.462. The van der Waals surface area contributed by atoms with Gasteiger partial charge in [-0.1, -0.05) is 18.1 Å². The van der Waals surface area contributed by atoms with Gasteiger partial charge in [0.15, 0.2) is 16.5 Å². The molecule has 1 aliphatic rings. The molecule has 0 bridgehead atoms. The Morgan fingerprint density at radius 2 is 2.05 bits per heavy atom. The van der Waals surface area contributed by atoms with Crippen molar-refractivity contribution in [2.24, 2.45) is 13.0 Å². The molecule has 3 amide bonds. The number of ether oxygens (including phenoxy) is 1. The molecule has 0 unspecified atom stereocenters. The number of para-hydroxylation sites is 1. The zero-order chi connectivity index (χ0) is 30.1. The van der Waals surface area contributed by atoms with Gasteiger partial charge in [-0.15, -0.1) is 0 Å². The van der Waals surface area contributed by atoms with E-state index in [0.29, 0.717) is 17.1 Å². The summed E-state index contributed by atoms with van der Waals surface area (Å²) in [5, 5.41) is 16.3. The molecular weight excluding hydrogens is 554 g/mol. The molecule has 3 N–H and O–H groups in total. The summed E-state index contributed by atoms with van der Waals surface area (Å²) in [6, 6.07) is 3.61. The maximum atomic E-state index is 13.7. The maximum Gasteiger partial charge on any atom is 0.321 e. The lowest BCUT2D eigenvalue weighted by molar-refractivity contribution is 0.0373. The standard InChI is InChI=1S/C26H35N7O7S/c1-15-10-33(16(2)13-34)25(35)19-8-7-9-20(30-41(37,38)22-12-31(5)14-27-22)24(19)39-21(15)11-32(6)26(36)28-23-17(3)29-40-18(23)4/h7-9,12,14-16,21,30,34H,10-11,13H2,1-6H3,(H,28,36)/t15-,16-,21+/m0/s1. The summed E-state index contributed by atoms with van der Waals surface area (Å²) in [4.78, 5) is 33.6. The molecule has 0 radical (unpaired) electrons. The van der Waals surface area contributed by atoms with Crippen molar-refractivity contribution < 1.29 is 32.4 Å². The average molecular weight is 590 g/mol. The van der Waals surface area contributed by atoms with Gasteiger partial charge in [0.2, 0.25) is 0 Å². The lowest BCUT2D eigenvalue weighted by Gasteiger charge is -2.38. The second kappa shape index (κ2) is 11.8. The number of aliphatic hydroxyl groups excluding tert-OH is 1. The first kappa shape index (κ1) is 29.9. The number of urea groups is 1. The largest absolute Gasteiger partial charge is 0.485 e. The number of nitrogens with zero attached hydrogens (tertiary/aromatic N) is 5. The van der Waals surface area contributed by atoms with Crippen molar-refractivity contribution in [3.8, 4) is 5.75 Å². The van der Waals surface area contributed by atoms with Gasteiger partial charge >= 0.3 is 6.03 Å². The highest BCUT2D eigenvalue weighted by atomic mass is 32.2. The third kappa shape index (κ3) is 6.30. The first-order chi connectivity index (χ1) is 19.3. The molecule has 2 aromatic heterocycles. The zero-order valence-electron chi connectivity index (χ0n) is 23.8. The molecule has 0 aliphatic carbocycles.